The Labute approximate surface area is 172 Å². The second-order valence-electron chi connectivity index (χ2n) is 7.21. The number of fused-ring (bicyclic) bond motifs is 1. The van der Waals surface area contributed by atoms with Gasteiger partial charge in [0.15, 0.2) is 5.84 Å². The Kier molecular flexibility index (Phi) is 6.34. The highest BCUT2D eigenvalue weighted by Gasteiger charge is 2.28. The monoisotopic (exact) mass is 414 g/mol. The lowest BCUT2D eigenvalue weighted by Crippen LogP contribution is -2.37. The van der Waals surface area contributed by atoms with Gasteiger partial charge >= 0.3 is 0 Å². The quantitative estimate of drug-likeness (QED) is 0.753. The fourth-order valence-electron chi connectivity index (χ4n) is 3.12. The van der Waals surface area contributed by atoms with Gasteiger partial charge < -0.3 is 15.1 Å². The standard InChI is InChI=1S/C21H26N4O3S/c1-4-13-25(15-14-24(2)3)21(26)16-9-11-17(12-10-16)22-20-18-7-5-6-8-19(18)29(27,28)23-20/h5-12H,4,13-15H2,1-3H3,(H,22,23). The van der Waals surface area contributed by atoms with Gasteiger partial charge in [-0.3, -0.25) is 4.79 Å². The molecule has 0 saturated heterocycles. The van der Waals surface area contributed by atoms with Crippen LogP contribution < -0.4 is 5.32 Å². The third kappa shape index (κ3) is 4.83. The Bertz CT molecular complexity index is 1010. The van der Waals surface area contributed by atoms with Crippen molar-refractivity contribution in [3.8, 4) is 0 Å². The molecule has 0 unspecified atom stereocenters. The first-order chi connectivity index (χ1) is 13.8. The van der Waals surface area contributed by atoms with Gasteiger partial charge in [0, 0.05) is 36.4 Å². The first-order valence-electron chi connectivity index (χ1n) is 9.57. The van der Waals surface area contributed by atoms with Crippen LogP contribution in [-0.2, 0) is 10.0 Å². The molecule has 8 heteroatoms. The Morgan fingerprint density at radius 2 is 1.69 bits per heavy atom. The number of amidine groups is 1. The summed E-state index contributed by atoms with van der Waals surface area (Å²) in [5.41, 5.74) is 1.82. The number of sulfonamides is 1. The molecule has 0 aromatic heterocycles. The van der Waals surface area contributed by atoms with Gasteiger partial charge in [0.1, 0.15) is 4.90 Å². The second kappa shape index (κ2) is 8.75. The van der Waals surface area contributed by atoms with E-state index >= 15 is 0 Å². The van der Waals surface area contributed by atoms with Crippen molar-refractivity contribution in [3.05, 3.63) is 59.7 Å². The summed E-state index contributed by atoms with van der Waals surface area (Å²) in [7, 11) is 0.304. The molecular weight excluding hydrogens is 388 g/mol. The highest BCUT2D eigenvalue weighted by atomic mass is 32.2. The molecule has 0 radical (unpaired) electrons. The first kappa shape index (κ1) is 21.0. The van der Waals surface area contributed by atoms with E-state index in [0.29, 0.717) is 35.7 Å². The molecule has 154 valence electrons. The van der Waals surface area contributed by atoms with Crippen LogP contribution >= 0.6 is 0 Å². The molecule has 2 aromatic carbocycles. The highest BCUT2D eigenvalue weighted by molar-refractivity contribution is 7.90. The zero-order valence-electron chi connectivity index (χ0n) is 16.9. The van der Waals surface area contributed by atoms with E-state index in [-0.39, 0.29) is 10.8 Å². The summed E-state index contributed by atoms with van der Waals surface area (Å²) in [4.78, 5) is 16.9. The molecule has 0 saturated carbocycles. The molecule has 1 heterocycles. The van der Waals surface area contributed by atoms with Crippen LogP contribution in [0.1, 0.15) is 29.3 Å². The molecule has 0 aliphatic carbocycles. The summed E-state index contributed by atoms with van der Waals surface area (Å²) in [6.07, 6.45) is 0.895. The molecule has 29 heavy (non-hydrogen) atoms. The molecule has 0 spiro atoms. The molecule has 7 nitrogen and oxygen atoms in total. The minimum Gasteiger partial charge on any atom is -0.339 e. The number of amides is 1. The molecule has 0 fully saturated rings. The Balaban J connectivity index is 1.74. The first-order valence-corrected chi connectivity index (χ1v) is 11.0. The number of carbonyl (C=O) groups is 1. The summed E-state index contributed by atoms with van der Waals surface area (Å²) in [5, 5.41) is 3.05. The van der Waals surface area contributed by atoms with Crippen LogP contribution in [0.3, 0.4) is 0 Å². The number of benzene rings is 2. The van der Waals surface area contributed by atoms with Crippen molar-refractivity contribution in [3.63, 3.8) is 0 Å². The maximum atomic E-state index is 12.8. The molecule has 1 aliphatic rings. The minimum atomic E-state index is -3.67. The summed E-state index contributed by atoms with van der Waals surface area (Å²) in [6, 6.07) is 13.7. The lowest BCUT2D eigenvalue weighted by Gasteiger charge is -2.24. The average Bonchev–Trinajstić information content (AvgIpc) is 2.95. The summed E-state index contributed by atoms with van der Waals surface area (Å²) >= 11 is 0. The van der Waals surface area contributed by atoms with Gasteiger partial charge in [0.05, 0.1) is 0 Å². The molecule has 2 aromatic rings. The van der Waals surface area contributed by atoms with Crippen molar-refractivity contribution < 1.29 is 13.2 Å². The van der Waals surface area contributed by atoms with Crippen LogP contribution in [0.4, 0.5) is 5.69 Å². The van der Waals surface area contributed by atoms with Gasteiger partial charge in [-0.1, -0.05) is 19.1 Å². The van der Waals surface area contributed by atoms with E-state index < -0.39 is 10.0 Å². The molecule has 3 rings (SSSR count). The van der Waals surface area contributed by atoms with E-state index in [0.717, 1.165) is 13.0 Å². The van der Waals surface area contributed by atoms with Gasteiger partial charge in [0.2, 0.25) is 0 Å². The molecule has 1 amide bonds. The molecule has 1 N–H and O–H groups in total. The minimum absolute atomic E-state index is 0.00798. The van der Waals surface area contributed by atoms with Crippen LogP contribution in [0, 0.1) is 0 Å². The van der Waals surface area contributed by atoms with Crippen molar-refractivity contribution in [1.82, 2.24) is 9.80 Å². The third-order valence-corrected chi connectivity index (χ3v) is 5.96. The van der Waals surface area contributed by atoms with Crippen LogP contribution in [0.2, 0.25) is 0 Å². The van der Waals surface area contributed by atoms with Crippen molar-refractivity contribution in [2.45, 2.75) is 18.2 Å². The smallest absolute Gasteiger partial charge is 0.285 e. The van der Waals surface area contributed by atoms with E-state index in [9.17, 15) is 13.2 Å². The predicted octanol–water partition coefficient (Wildman–Crippen LogP) is 2.66. The number of nitrogens with zero attached hydrogens (tertiary/aromatic N) is 3. The van der Waals surface area contributed by atoms with Crippen molar-refractivity contribution in [2.24, 2.45) is 4.40 Å². The van der Waals surface area contributed by atoms with Crippen LogP contribution in [0.25, 0.3) is 0 Å². The average molecular weight is 415 g/mol. The van der Waals surface area contributed by atoms with E-state index in [4.69, 9.17) is 0 Å². The fraction of sp³-hybridized carbons (Fsp3) is 0.333. The Hall–Kier alpha value is -2.71. The molecule has 0 bridgehead atoms. The van der Waals surface area contributed by atoms with E-state index in [1.807, 2.05) is 19.0 Å². The largest absolute Gasteiger partial charge is 0.339 e. The van der Waals surface area contributed by atoms with Gasteiger partial charge in [-0.2, -0.15) is 8.42 Å². The topological polar surface area (TPSA) is 82.1 Å². The molecule has 1 aliphatic heterocycles. The van der Waals surface area contributed by atoms with Crippen molar-refractivity contribution in [1.29, 1.82) is 0 Å². The maximum absolute atomic E-state index is 12.8. The third-order valence-electron chi connectivity index (χ3n) is 4.62. The van der Waals surface area contributed by atoms with Crippen molar-refractivity contribution in [2.75, 3.05) is 39.0 Å². The zero-order valence-corrected chi connectivity index (χ0v) is 17.7. The normalized spacial score (nSPS) is 14.4. The van der Waals surface area contributed by atoms with Gasteiger partial charge in [-0.15, -0.1) is 4.40 Å². The van der Waals surface area contributed by atoms with Crippen LogP contribution in [0.5, 0.6) is 0 Å². The van der Waals surface area contributed by atoms with Gasteiger partial charge in [-0.05, 0) is 56.9 Å². The Morgan fingerprint density at radius 3 is 2.34 bits per heavy atom. The zero-order chi connectivity index (χ0) is 21.0. The Morgan fingerprint density at radius 1 is 1.00 bits per heavy atom. The van der Waals surface area contributed by atoms with Crippen LogP contribution in [-0.4, -0.2) is 63.7 Å². The summed E-state index contributed by atoms with van der Waals surface area (Å²) in [6.45, 7) is 4.24. The van der Waals surface area contributed by atoms with E-state index in [1.165, 1.54) is 0 Å². The highest BCUT2D eigenvalue weighted by Crippen LogP contribution is 2.26. The van der Waals surface area contributed by atoms with E-state index in [1.54, 1.807) is 48.5 Å². The molecular formula is C21H26N4O3S. The van der Waals surface area contributed by atoms with Crippen LogP contribution in [0.15, 0.2) is 57.8 Å². The van der Waals surface area contributed by atoms with Gasteiger partial charge in [0.25, 0.3) is 15.9 Å². The van der Waals surface area contributed by atoms with Gasteiger partial charge in [-0.25, -0.2) is 0 Å². The maximum Gasteiger partial charge on any atom is 0.285 e. The summed E-state index contributed by atoms with van der Waals surface area (Å²) in [5.74, 6) is 0.282. The number of carbonyl (C=O) groups excluding carboxylic acids is 1. The number of anilines is 1. The lowest BCUT2D eigenvalue weighted by atomic mass is 10.1. The number of nitrogens with one attached hydrogen (secondary N) is 1. The fourth-order valence-corrected chi connectivity index (χ4v) is 4.29. The number of hydrogen-bond acceptors (Lipinski definition) is 5. The molecule has 0 atom stereocenters. The number of likely N-dealkylation sites (N-methyl/N-ethyl adjacent to an activating group) is 1. The number of rotatable bonds is 7. The van der Waals surface area contributed by atoms with Crippen molar-refractivity contribution >= 4 is 27.5 Å². The lowest BCUT2D eigenvalue weighted by molar-refractivity contribution is 0.0745. The SMILES string of the molecule is CCCN(CCN(C)C)C(=O)c1ccc(NC2=NS(=O)(=O)c3ccccc32)cc1. The second-order valence-corrected chi connectivity index (χ2v) is 8.78. The summed E-state index contributed by atoms with van der Waals surface area (Å²) < 4.78 is 28.2. The number of hydrogen-bond donors (Lipinski definition) is 1. The van der Waals surface area contributed by atoms with E-state index in [2.05, 4.69) is 21.5 Å². The predicted molar refractivity (Wildman–Crippen MR) is 115 cm³/mol.